The van der Waals surface area contributed by atoms with E-state index in [1.807, 2.05) is 11.9 Å². The average molecular weight is 469 g/mol. The van der Waals surface area contributed by atoms with Crippen LogP contribution in [0.2, 0.25) is 5.15 Å². The van der Waals surface area contributed by atoms with Gasteiger partial charge in [-0.25, -0.2) is 9.07 Å². The number of carbonyl (C=O) groups excluding carboxylic acids is 2. The van der Waals surface area contributed by atoms with Gasteiger partial charge in [-0.2, -0.15) is 5.10 Å². The third kappa shape index (κ3) is 4.93. The van der Waals surface area contributed by atoms with Gasteiger partial charge in [-0.3, -0.25) is 9.59 Å². The minimum atomic E-state index is -0.413. The van der Waals surface area contributed by atoms with Crippen LogP contribution in [0.3, 0.4) is 0 Å². The van der Waals surface area contributed by atoms with Gasteiger partial charge in [-0.05, 0) is 68.3 Å². The molecule has 0 atom stereocenters. The smallest absolute Gasteiger partial charge is 0.260 e. The summed E-state index contributed by atoms with van der Waals surface area (Å²) in [6.07, 6.45) is 5.64. The van der Waals surface area contributed by atoms with Crippen LogP contribution in [-0.4, -0.2) is 39.6 Å². The van der Waals surface area contributed by atoms with Crippen LogP contribution in [0.25, 0.3) is 5.69 Å². The van der Waals surface area contributed by atoms with Crippen molar-refractivity contribution < 1.29 is 14.0 Å². The van der Waals surface area contributed by atoms with Crippen molar-refractivity contribution in [3.8, 4) is 5.69 Å². The third-order valence-corrected chi connectivity index (χ3v) is 6.48. The van der Waals surface area contributed by atoms with Crippen molar-refractivity contribution in [2.24, 2.45) is 0 Å². The van der Waals surface area contributed by atoms with E-state index in [0.29, 0.717) is 22.6 Å². The van der Waals surface area contributed by atoms with Gasteiger partial charge in [0.15, 0.2) is 0 Å². The Balaban J connectivity index is 1.47. The van der Waals surface area contributed by atoms with E-state index in [0.717, 1.165) is 25.7 Å². The van der Waals surface area contributed by atoms with Gasteiger partial charge < -0.3 is 10.2 Å². The number of nitrogens with one attached hydrogen (secondary N) is 1. The van der Waals surface area contributed by atoms with Crippen LogP contribution in [0.4, 0.5) is 10.1 Å². The lowest BCUT2D eigenvalue weighted by atomic mass is 9.94. The van der Waals surface area contributed by atoms with Crippen LogP contribution in [0.1, 0.15) is 58.5 Å². The Morgan fingerprint density at radius 3 is 2.33 bits per heavy atom. The molecular weight excluding hydrogens is 443 g/mol. The van der Waals surface area contributed by atoms with E-state index >= 15 is 0 Å². The zero-order valence-electron chi connectivity index (χ0n) is 18.6. The summed E-state index contributed by atoms with van der Waals surface area (Å²) in [5, 5.41) is 7.27. The molecule has 0 saturated heterocycles. The molecule has 1 heterocycles. The Morgan fingerprint density at radius 2 is 1.70 bits per heavy atom. The first-order chi connectivity index (χ1) is 15.8. The number of aryl methyl sites for hydroxylation is 1. The largest absolute Gasteiger partial charge is 0.339 e. The van der Waals surface area contributed by atoms with Gasteiger partial charge in [0.1, 0.15) is 16.5 Å². The number of halogens is 2. The molecule has 1 N–H and O–H groups in total. The number of rotatable bonds is 5. The first-order valence-corrected chi connectivity index (χ1v) is 11.4. The first kappa shape index (κ1) is 23.0. The molecule has 3 aromatic rings. The molecule has 1 saturated carbocycles. The summed E-state index contributed by atoms with van der Waals surface area (Å²) in [5.41, 5.74) is 2.36. The van der Waals surface area contributed by atoms with Crippen molar-refractivity contribution in [1.29, 1.82) is 0 Å². The van der Waals surface area contributed by atoms with Gasteiger partial charge in [-0.15, -0.1) is 0 Å². The molecule has 1 fully saturated rings. The molecule has 2 aromatic carbocycles. The molecule has 172 valence electrons. The Morgan fingerprint density at radius 1 is 1.06 bits per heavy atom. The molecule has 0 unspecified atom stereocenters. The van der Waals surface area contributed by atoms with Gasteiger partial charge in [0, 0.05) is 24.3 Å². The number of carbonyl (C=O) groups is 2. The highest BCUT2D eigenvalue weighted by molar-refractivity contribution is 6.34. The number of anilines is 1. The summed E-state index contributed by atoms with van der Waals surface area (Å²) in [5.74, 6) is -0.799. The number of aromatic nitrogens is 2. The molecule has 0 aliphatic heterocycles. The maximum atomic E-state index is 13.2. The SMILES string of the molecule is Cc1nn(-c2ccc(F)cc2)c(Cl)c1C(=O)Nc1ccc(C(=O)N(C)C2CCCCC2)cc1. The number of hydrogen-bond acceptors (Lipinski definition) is 3. The van der Waals surface area contributed by atoms with Gasteiger partial charge in [0.25, 0.3) is 11.8 Å². The second-order valence-electron chi connectivity index (χ2n) is 8.38. The second kappa shape index (κ2) is 9.75. The Hall–Kier alpha value is -3.19. The van der Waals surface area contributed by atoms with Crippen LogP contribution < -0.4 is 5.32 Å². The maximum absolute atomic E-state index is 13.2. The Bertz CT molecular complexity index is 1150. The molecule has 0 bridgehead atoms. The summed E-state index contributed by atoms with van der Waals surface area (Å²) in [6.45, 7) is 1.68. The maximum Gasteiger partial charge on any atom is 0.260 e. The zero-order chi connectivity index (χ0) is 23.5. The lowest BCUT2D eigenvalue weighted by Crippen LogP contribution is -2.38. The number of nitrogens with zero attached hydrogens (tertiary/aromatic N) is 3. The normalized spacial score (nSPS) is 14.2. The van der Waals surface area contributed by atoms with Gasteiger partial charge in [-0.1, -0.05) is 30.9 Å². The van der Waals surface area contributed by atoms with Crippen molar-refractivity contribution in [1.82, 2.24) is 14.7 Å². The van der Waals surface area contributed by atoms with Crippen molar-refractivity contribution in [2.75, 3.05) is 12.4 Å². The molecule has 1 aromatic heterocycles. The highest BCUT2D eigenvalue weighted by atomic mass is 35.5. The van der Waals surface area contributed by atoms with E-state index in [-0.39, 0.29) is 28.5 Å². The zero-order valence-corrected chi connectivity index (χ0v) is 19.4. The van der Waals surface area contributed by atoms with Crippen molar-refractivity contribution in [3.63, 3.8) is 0 Å². The molecule has 33 heavy (non-hydrogen) atoms. The minimum Gasteiger partial charge on any atom is -0.339 e. The fourth-order valence-corrected chi connectivity index (χ4v) is 4.60. The average Bonchev–Trinajstić information content (AvgIpc) is 3.13. The van der Waals surface area contributed by atoms with Crippen LogP contribution >= 0.6 is 11.6 Å². The van der Waals surface area contributed by atoms with Gasteiger partial charge in [0.05, 0.1) is 11.4 Å². The van der Waals surface area contributed by atoms with E-state index in [1.54, 1.807) is 31.2 Å². The molecule has 6 nitrogen and oxygen atoms in total. The van der Waals surface area contributed by atoms with Crippen molar-refractivity contribution in [3.05, 3.63) is 76.3 Å². The van der Waals surface area contributed by atoms with E-state index in [4.69, 9.17) is 11.6 Å². The van der Waals surface area contributed by atoms with Crippen molar-refractivity contribution >= 4 is 29.1 Å². The van der Waals surface area contributed by atoms with Crippen LogP contribution in [-0.2, 0) is 0 Å². The fourth-order valence-electron chi connectivity index (χ4n) is 4.24. The molecule has 1 aliphatic rings. The Labute approximate surface area is 197 Å². The highest BCUT2D eigenvalue weighted by Crippen LogP contribution is 2.26. The van der Waals surface area contributed by atoms with E-state index in [1.165, 1.54) is 35.4 Å². The standard InChI is InChI=1S/C25H26ClFN4O2/c1-16-22(23(26)31(29-16)21-14-10-18(27)11-15-21)24(32)28-19-12-8-17(9-13-19)25(33)30(2)20-6-4-3-5-7-20/h8-15,20H,3-7H2,1-2H3,(H,28,32). The second-order valence-corrected chi connectivity index (χ2v) is 8.74. The summed E-state index contributed by atoms with van der Waals surface area (Å²) < 4.78 is 14.6. The lowest BCUT2D eigenvalue weighted by Gasteiger charge is -2.31. The number of amides is 2. The molecule has 1 aliphatic carbocycles. The van der Waals surface area contributed by atoms with Crippen LogP contribution in [0.15, 0.2) is 48.5 Å². The predicted molar refractivity (Wildman–Crippen MR) is 127 cm³/mol. The first-order valence-electron chi connectivity index (χ1n) is 11.0. The quantitative estimate of drug-likeness (QED) is 0.527. The van der Waals surface area contributed by atoms with E-state index < -0.39 is 5.91 Å². The third-order valence-electron chi connectivity index (χ3n) is 6.13. The molecule has 2 amide bonds. The van der Waals surface area contributed by atoms with Crippen LogP contribution in [0, 0.1) is 12.7 Å². The highest BCUT2D eigenvalue weighted by Gasteiger charge is 2.24. The summed E-state index contributed by atoms with van der Waals surface area (Å²) >= 11 is 6.44. The summed E-state index contributed by atoms with van der Waals surface area (Å²) in [4.78, 5) is 27.6. The lowest BCUT2D eigenvalue weighted by molar-refractivity contribution is 0.0696. The molecule has 0 spiro atoms. The molecule has 0 radical (unpaired) electrons. The minimum absolute atomic E-state index is 0.0146. The summed E-state index contributed by atoms with van der Waals surface area (Å²) in [7, 11) is 1.86. The predicted octanol–water partition coefficient (Wildman–Crippen LogP) is 5.63. The van der Waals surface area contributed by atoms with Crippen LogP contribution in [0.5, 0.6) is 0 Å². The number of hydrogen-bond donors (Lipinski definition) is 1. The number of benzene rings is 2. The van der Waals surface area contributed by atoms with E-state index in [2.05, 4.69) is 10.4 Å². The monoisotopic (exact) mass is 468 g/mol. The molecule has 8 heteroatoms. The van der Waals surface area contributed by atoms with Crippen molar-refractivity contribution in [2.45, 2.75) is 45.1 Å². The topological polar surface area (TPSA) is 67.2 Å². The van der Waals surface area contributed by atoms with E-state index in [9.17, 15) is 14.0 Å². The van der Waals surface area contributed by atoms with Gasteiger partial charge in [0.2, 0.25) is 0 Å². The van der Waals surface area contributed by atoms with Gasteiger partial charge >= 0.3 is 0 Å². The Kier molecular flexibility index (Phi) is 6.79. The molecule has 4 rings (SSSR count). The fraction of sp³-hybridized carbons (Fsp3) is 0.320. The summed E-state index contributed by atoms with van der Waals surface area (Å²) in [6, 6.07) is 12.8. The molecular formula is C25H26ClFN4O2.